The highest BCUT2D eigenvalue weighted by atomic mass is 32.5. The Morgan fingerprint density at radius 1 is 1.27 bits per heavy atom. The van der Waals surface area contributed by atoms with E-state index < -0.39 is 6.49 Å². The summed E-state index contributed by atoms with van der Waals surface area (Å²) in [6.45, 7) is 0.278. The molecule has 0 amide bonds. The Morgan fingerprint density at radius 2 is 1.55 bits per heavy atom. The summed E-state index contributed by atoms with van der Waals surface area (Å²) in [5.74, 6) is 0. The summed E-state index contributed by atoms with van der Waals surface area (Å²) in [6, 6.07) is 0. The van der Waals surface area contributed by atoms with Crippen LogP contribution >= 0.6 is 6.49 Å². The van der Waals surface area contributed by atoms with E-state index in [4.69, 9.17) is 21.3 Å². The van der Waals surface area contributed by atoms with Gasteiger partial charge in [-0.05, 0) is 31.3 Å². The summed E-state index contributed by atoms with van der Waals surface area (Å²) in [7, 11) is 0. The Morgan fingerprint density at radius 3 is 1.55 bits per heavy atom. The Kier molecular flexibility index (Phi) is 11.0. The van der Waals surface area contributed by atoms with Crippen LogP contribution in [-0.4, -0.2) is 29.0 Å². The van der Waals surface area contributed by atoms with E-state index in [0.29, 0.717) is 6.16 Å². The normalized spacial score (nSPS) is 10.3. The fourth-order valence-corrected chi connectivity index (χ4v) is 0.118. The molecule has 0 spiro atoms. The van der Waals surface area contributed by atoms with E-state index in [9.17, 15) is 0 Å². The van der Waals surface area contributed by atoms with Crippen LogP contribution in [0, 0.1) is 0 Å². The molecular weight excluding hydrogens is 183 g/mol. The van der Waals surface area contributed by atoms with Gasteiger partial charge in [-0.1, -0.05) is 6.92 Å². The smallest absolute Gasteiger partial charge is 0.183 e. The lowest BCUT2D eigenvalue weighted by Crippen LogP contribution is -2.06. The maximum Gasteiger partial charge on any atom is 0.183 e. The van der Waals surface area contributed by atoms with Crippen LogP contribution < -0.4 is 11.5 Å². The van der Waals surface area contributed by atoms with Crippen molar-refractivity contribution in [2.75, 3.05) is 19.3 Å². The van der Waals surface area contributed by atoms with Crippen molar-refractivity contribution in [1.82, 2.24) is 0 Å². The molecule has 0 atom stereocenters. The maximum absolute atomic E-state index is 8.31. The topological polar surface area (TPSA) is 92.5 Å². The molecule has 0 aliphatic rings. The third-order valence-electron chi connectivity index (χ3n) is 0.820. The van der Waals surface area contributed by atoms with E-state index in [0.717, 1.165) is 19.5 Å². The van der Waals surface area contributed by atoms with Gasteiger partial charge in [0.05, 0.1) is 0 Å². The molecule has 0 heterocycles. The second-order valence-electron chi connectivity index (χ2n) is 1.91. The Bertz CT molecular complexity index is 115. The van der Waals surface area contributed by atoms with Gasteiger partial charge in [-0.15, -0.1) is 0 Å². The van der Waals surface area contributed by atoms with E-state index >= 15 is 0 Å². The summed E-state index contributed by atoms with van der Waals surface area (Å²) in [5, 5.41) is 0. The molecular formula is C5H17N2O2PS. The highest BCUT2D eigenvalue weighted by Gasteiger charge is 1.98. The van der Waals surface area contributed by atoms with E-state index in [1.54, 1.807) is 6.92 Å². The fraction of sp³-hybridized carbons (Fsp3) is 1.00. The molecule has 0 unspecified atom stereocenters. The van der Waals surface area contributed by atoms with Crippen molar-refractivity contribution < 1.29 is 9.79 Å². The Balaban J connectivity index is 0. The SMILES string of the molecule is CCP(O)(O)=S.NCCCN. The monoisotopic (exact) mass is 200 g/mol. The molecule has 0 aromatic rings. The number of nitrogens with two attached hydrogens (primary N) is 2. The van der Waals surface area contributed by atoms with Crippen LogP contribution in [0.25, 0.3) is 0 Å². The Labute approximate surface area is 72.8 Å². The minimum Gasteiger partial charge on any atom is -0.345 e. The van der Waals surface area contributed by atoms with Gasteiger partial charge in [0.1, 0.15) is 0 Å². The average molecular weight is 200 g/mol. The van der Waals surface area contributed by atoms with Gasteiger partial charge in [-0.25, -0.2) is 0 Å². The number of rotatable bonds is 3. The first-order chi connectivity index (χ1) is 4.97. The molecule has 6 heteroatoms. The third kappa shape index (κ3) is 25.1. The first kappa shape index (κ1) is 14.0. The second-order valence-corrected chi connectivity index (χ2v) is 5.63. The van der Waals surface area contributed by atoms with Gasteiger partial charge < -0.3 is 21.3 Å². The number of hydrogen-bond acceptors (Lipinski definition) is 3. The lowest BCUT2D eigenvalue weighted by molar-refractivity contribution is 0.481. The minimum atomic E-state index is -2.81. The van der Waals surface area contributed by atoms with E-state index in [1.165, 1.54) is 0 Å². The van der Waals surface area contributed by atoms with Crippen LogP contribution in [0.2, 0.25) is 0 Å². The zero-order chi connectivity index (χ0) is 9.33. The molecule has 0 aliphatic carbocycles. The van der Waals surface area contributed by atoms with Crippen LogP contribution in [0.15, 0.2) is 0 Å². The fourth-order valence-electron chi connectivity index (χ4n) is 0.118. The molecule has 0 aromatic heterocycles. The third-order valence-corrected chi connectivity index (χ3v) is 2.42. The van der Waals surface area contributed by atoms with Gasteiger partial charge in [-0.3, -0.25) is 0 Å². The minimum absolute atomic E-state index is 0.308. The molecule has 0 fully saturated rings. The molecule has 0 bridgehead atoms. The van der Waals surface area contributed by atoms with Crippen LogP contribution in [0.4, 0.5) is 0 Å². The molecule has 70 valence electrons. The molecule has 4 nitrogen and oxygen atoms in total. The van der Waals surface area contributed by atoms with Gasteiger partial charge in [0.15, 0.2) is 6.49 Å². The van der Waals surface area contributed by atoms with Crippen molar-refractivity contribution in [1.29, 1.82) is 0 Å². The molecule has 0 aromatic carbocycles. The largest absolute Gasteiger partial charge is 0.345 e. The van der Waals surface area contributed by atoms with Crippen LogP contribution in [0.3, 0.4) is 0 Å². The van der Waals surface area contributed by atoms with Crippen LogP contribution in [-0.2, 0) is 11.8 Å². The van der Waals surface area contributed by atoms with Gasteiger partial charge >= 0.3 is 0 Å². The average Bonchev–Trinajstić information content (AvgIpc) is 1.90. The highest BCUT2D eigenvalue weighted by Crippen LogP contribution is 2.33. The van der Waals surface area contributed by atoms with E-state index in [1.807, 2.05) is 0 Å². The summed E-state index contributed by atoms with van der Waals surface area (Å²) in [5.41, 5.74) is 10.1. The van der Waals surface area contributed by atoms with Crippen molar-refractivity contribution >= 4 is 18.3 Å². The Hall–Kier alpha value is 0.490. The quantitative estimate of drug-likeness (QED) is 0.465. The van der Waals surface area contributed by atoms with Crippen molar-refractivity contribution in [2.45, 2.75) is 13.3 Å². The van der Waals surface area contributed by atoms with Gasteiger partial charge in [0.25, 0.3) is 0 Å². The molecule has 6 N–H and O–H groups in total. The zero-order valence-corrected chi connectivity index (χ0v) is 8.44. The van der Waals surface area contributed by atoms with Gasteiger partial charge in [0, 0.05) is 6.16 Å². The zero-order valence-electron chi connectivity index (χ0n) is 6.73. The van der Waals surface area contributed by atoms with Crippen molar-refractivity contribution in [3.63, 3.8) is 0 Å². The lowest BCUT2D eigenvalue weighted by Gasteiger charge is -1.98. The maximum atomic E-state index is 8.31. The van der Waals surface area contributed by atoms with E-state index in [2.05, 4.69) is 11.8 Å². The summed E-state index contributed by atoms with van der Waals surface area (Å²) < 4.78 is 0. The predicted molar refractivity (Wildman–Crippen MR) is 52.0 cm³/mol. The predicted octanol–water partition coefficient (Wildman–Crippen LogP) is -0.406. The molecule has 11 heavy (non-hydrogen) atoms. The molecule has 0 saturated carbocycles. The van der Waals surface area contributed by atoms with E-state index in [-0.39, 0.29) is 0 Å². The standard InChI is InChI=1S/C3H10N2.C2H7O2PS/c4-2-1-3-5;1-2-5(3,4)6/h1-5H2;2H2,1H3,(H2,3,4,6). The van der Waals surface area contributed by atoms with Crippen LogP contribution in [0.5, 0.6) is 0 Å². The summed E-state index contributed by atoms with van der Waals surface area (Å²) in [4.78, 5) is 16.6. The molecule has 0 radical (unpaired) electrons. The molecule has 0 aliphatic heterocycles. The van der Waals surface area contributed by atoms with Crippen molar-refractivity contribution in [3.05, 3.63) is 0 Å². The van der Waals surface area contributed by atoms with Gasteiger partial charge in [-0.2, -0.15) is 0 Å². The first-order valence-corrected chi connectivity index (χ1v) is 6.32. The summed E-state index contributed by atoms with van der Waals surface area (Å²) in [6.07, 6.45) is 1.25. The van der Waals surface area contributed by atoms with Gasteiger partial charge in [0.2, 0.25) is 0 Å². The van der Waals surface area contributed by atoms with Crippen LogP contribution in [0.1, 0.15) is 13.3 Å². The number of hydrogen-bond donors (Lipinski definition) is 4. The molecule has 0 saturated heterocycles. The summed E-state index contributed by atoms with van der Waals surface area (Å²) >= 11 is 4.21. The first-order valence-electron chi connectivity index (χ1n) is 3.42. The second kappa shape index (κ2) is 8.59. The van der Waals surface area contributed by atoms with Crippen molar-refractivity contribution in [3.8, 4) is 0 Å². The lowest BCUT2D eigenvalue weighted by atomic mass is 10.4. The van der Waals surface area contributed by atoms with Crippen molar-refractivity contribution in [2.24, 2.45) is 11.5 Å². The molecule has 0 rings (SSSR count). The highest BCUT2D eigenvalue weighted by molar-refractivity contribution is 8.09.